The Morgan fingerprint density at radius 1 is 1.33 bits per heavy atom. The van der Waals surface area contributed by atoms with Crippen LogP contribution in [0.1, 0.15) is 30.1 Å². The molecule has 0 bridgehead atoms. The normalized spacial score (nSPS) is 25.3. The monoisotopic (exact) mass is 212 g/mol. The van der Waals surface area contributed by atoms with Crippen molar-refractivity contribution in [3.8, 4) is 0 Å². The Kier molecular flexibility index (Phi) is 3.00. The average molecular weight is 212 g/mol. The molecule has 1 aliphatic carbocycles. The van der Waals surface area contributed by atoms with E-state index in [9.17, 15) is 13.9 Å². The van der Waals surface area contributed by atoms with Crippen LogP contribution in [0.25, 0.3) is 0 Å². The first kappa shape index (κ1) is 10.6. The van der Waals surface area contributed by atoms with Gasteiger partial charge in [-0.3, -0.25) is 0 Å². The zero-order chi connectivity index (χ0) is 10.8. The third-order valence-corrected chi connectivity index (χ3v) is 3.09. The van der Waals surface area contributed by atoms with Crippen LogP contribution in [-0.4, -0.2) is 11.5 Å². The lowest BCUT2D eigenvalue weighted by Crippen LogP contribution is -2.22. The molecule has 3 heteroatoms. The highest BCUT2D eigenvalue weighted by atomic mass is 19.3. The number of aliphatic hydroxyl groups is 1. The Hall–Kier alpha value is -0.960. The van der Waals surface area contributed by atoms with Crippen molar-refractivity contribution in [2.75, 3.05) is 0 Å². The molecule has 2 atom stereocenters. The van der Waals surface area contributed by atoms with Gasteiger partial charge in [-0.25, -0.2) is 8.78 Å². The van der Waals surface area contributed by atoms with Gasteiger partial charge in [0.1, 0.15) is 0 Å². The van der Waals surface area contributed by atoms with Gasteiger partial charge in [0, 0.05) is 6.42 Å². The van der Waals surface area contributed by atoms with Crippen LogP contribution >= 0.6 is 0 Å². The minimum atomic E-state index is -2.32. The molecule has 15 heavy (non-hydrogen) atoms. The number of hydrogen-bond donors (Lipinski definition) is 1. The van der Waals surface area contributed by atoms with E-state index >= 15 is 0 Å². The van der Waals surface area contributed by atoms with E-state index in [2.05, 4.69) is 0 Å². The zero-order valence-electron chi connectivity index (χ0n) is 8.37. The first-order chi connectivity index (χ1) is 7.18. The summed E-state index contributed by atoms with van der Waals surface area (Å²) in [4.78, 5) is 0. The van der Waals surface area contributed by atoms with E-state index in [1.165, 1.54) is 0 Å². The first-order valence-electron chi connectivity index (χ1n) is 5.22. The summed E-state index contributed by atoms with van der Waals surface area (Å²) in [5, 5.41) is 9.94. The number of halogens is 2. The fourth-order valence-corrected chi connectivity index (χ4v) is 2.28. The summed E-state index contributed by atoms with van der Waals surface area (Å²) in [6.45, 7) is 0. The smallest absolute Gasteiger partial charge is 0.239 e. The van der Waals surface area contributed by atoms with Gasteiger partial charge in [0.25, 0.3) is 0 Å². The van der Waals surface area contributed by atoms with E-state index in [0.29, 0.717) is 6.42 Å². The third-order valence-electron chi connectivity index (χ3n) is 3.09. The van der Waals surface area contributed by atoms with E-state index in [1.807, 2.05) is 24.3 Å². The van der Waals surface area contributed by atoms with Crippen LogP contribution in [0.15, 0.2) is 24.3 Å². The van der Waals surface area contributed by atoms with Crippen molar-refractivity contribution in [1.29, 1.82) is 0 Å². The van der Waals surface area contributed by atoms with Crippen LogP contribution < -0.4 is 0 Å². The van der Waals surface area contributed by atoms with E-state index < -0.39 is 12.5 Å². The minimum absolute atomic E-state index is 0.199. The maximum atomic E-state index is 12.3. The summed E-state index contributed by atoms with van der Waals surface area (Å²) >= 11 is 0. The Bertz CT molecular complexity index is 338. The quantitative estimate of drug-likeness (QED) is 0.799. The zero-order valence-corrected chi connectivity index (χ0v) is 8.37. The number of alkyl halides is 2. The Balaban J connectivity index is 2.18. The van der Waals surface area contributed by atoms with E-state index in [4.69, 9.17) is 0 Å². The van der Waals surface area contributed by atoms with Gasteiger partial charge in [-0.05, 0) is 29.9 Å². The van der Waals surface area contributed by atoms with Crippen molar-refractivity contribution in [2.24, 2.45) is 5.92 Å². The van der Waals surface area contributed by atoms with Crippen molar-refractivity contribution in [3.63, 3.8) is 0 Å². The molecule has 0 aromatic heterocycles. The standard InChI is InChI=1S/C12H14F2O/c13-11(14)7-9-6-5-8-3-1-2-4-10(8)12(9)15/h1-4,9,11-12,15H,5-7H2. The van der Waals surface area contributed by atoms with Gasteiger partial charge in [0.15, 0.2) is 0 Å². The highest BCUT2D eigenvalue weighted by Crippen LogP contribution is 2.37. The van der Waals surface area contributed by atoms with E-state index in [-0.39, 0.29) is 12.3 Å². The fourth-order valence-electron chi connectivity index (χ4n) is 2.28. The Morgan fingerprint density at radius 2 is 2.07 bits per heavy atom. The van der Waals surface area contributed by atoms with E-state index in [1.54, 1.807) is 0 Å². The molecule has 0 radical (unpaired) electrons. The molecule has 82 valence electrons. The van der Waals surface area contributed by atoms with E-state index in [0.717, 1.165) is 17.5 Å². The van der Waals surface area contributed by atoms with Crippen LogP contribution in [-0.2, 0) is 6.42 Å². The lowest BCUT2D eigenvalue weighted by Gasteiger charge is -2.29. The fraction of sp³-hybridized carbons (Fsp3) is 0.500. The lowest BCUT2D eigenvalue weighted by molar-refractivity contribution is 0.0373. The van der Waals surface area contributed by atoms with Gasteiger partial charge in [-0.1, -0.05) is 24.3 Å². The highest BCUT2D eigenvalue weighted by molar-refractivity contribution is 5.31. The second-order valence-electron chi connectivity index (χ2n) is 4.07. The maximum absolute atomic E-state index is 12.3. The van der Waals surface area contributed by atoms with Crippen molar-refractivity contribution in [3.05, 3.63) is 35.4 Å². The van der Waals surface area contributed by atoms with Gasteiger partial charge in [0.05, 0.1) is 6.10 Å². The SMILES string of the molecule is OC1c2ccccc2CCC1CC(F)F. The summed E-state index contributed by atoms with van der Waals surface area (Å²) in [6, 6.07) is 7.54. The van der Waals surface area contributed by atoms with Crippen molar-refractivity contribution in [2.45, 2.75) is 31.8 Å². The molecule has 1 N–H and O–H groups in total. The molecule has 0 spiro atoms. The van der Waals surface area contributed by atoms with Crippen molar-refractivity contribution >= 4 is 0 Å². The highest BCUT2D eigenvalue weighted by Gasteiger charge is 2.29. The maximum Gasteiger partial charge on any atom is 0.239 e. The molecule has 0 saturated carbocycles. The Labute approximate surface area is 87.7 Å². The molecule has 2 rings (SSSR count). The lowest BCUT2D eigenvalue weighted by atomic mass is 9.80. The summed E-state index contributed by atoms with van der Waals surface area (Å²) in [7, 11) is 0. The molecule has 1 aliphatic rings. The second kappa shape index (κ2) is 4.27. The van der Waals surface area contributed by atoms with Gasteiger partial charge in [0.2, 0.25) is 6.43 Å². The molecule has 1 nitrogen and oxygen atoms in total. The number of hydrogen-bond acceptors (Lipinski definition) is 1. The largest absolute Gasteiger partial charge is 0.388 e. The van der Waals surface area contributed by atoms with Crippen LogP contribution in [0.4, 0.5) is 8.78 Å². The molecule has 0 heterocycles. The number of rotatable bonds is 2. The summed E-state index contributed by atoms with van der Waals surface area (Å²) < 4.78 is 24.5. The number of aryl methyl sites for hydroxylation is 1. The van der Waals surface area contributed by atoms with Crippen molar-refractivity contribution < 1.29 is 13.9 Å². The Morgan fingerprint density at radius 3 is 2.80 bits per heavy atom. The summed E-state index contributed by atoms with van der Waals surface area (Å²) in [6.07, 6.45) is -1.79. The molecule has 0 fully saturated rings. The van der Waals surface area contributed by atoms with Gasteiger partial charge in [-0.15, -0.1) is 0 Å². The van der Waals surface area contributed by atoms with Crippen LogP contribution in [0, 0.1) is 5.92 Å². The van der Waals surface area contributed by atoms with Gasteiger partial charge < -0.3 is 5.11 Å². The second-order valence-corrected chi connectivity index (χ2v) is 4.07. The number of fused-ring (bicyclic) bond motifs is 1. The van der Waals surface area contributed by atoms with Crippen LogP contribution in [0.2, 0.25) is 0 Å². The first-order valence-corrected chi connectivity index (χ1v) is 5.22. The van der Waals surface area contributed by atoms with Crippen LogP contribution in [0.5, 0.6) is 0 Å². The molecule has 0 saturated heterocycles. The number of aliphatic hydroxyl groups excluding tert-OH is 1. The molecule has 0 aliphatic heterocycles. The van der Waals surface area contributed by atoms with Gasteiger partial charge >= 0.3 is 0 Å². The minimum Gasteiger partial charge on any atom is -0.388 e. The molecule has 2 unspecified atom stereocenters. The summed E-state index contributed by atoms with van der Waals surface area (Å²) in [5.74, 6) is -0.292. The predicted octanol–water partition coefficient (Wildman–Crippen LogP) is 2.94. The molecular formula is C12H14F2O. The molecular weight excluding hydrogens is 198 g/mol. The molecule has 1 aromatic carbocycles. The predicted molar refractivity (Wildman–Crippen MR) is 53.8 cm³/mol. The van der Waals surface area contributed by atoms with Crippen molar-refractivity contribution in [1.82, 2.24) is 0 Å². The third kappa shape index (κ3) is 2.17. The topological polar surface area (TPSA) is 20.2 Å². The number of benzene rings is 1. The molecule has 0 amide bonds. The van der Waals surface area contributed by atoms with Gasteiger partial charge in [-0.2, -0.15) is 0 Å². The molecule has 1 aromatic rings. The van der Waals surface area contributed by atoms with Crippen LogP contribution in [0.3, 0.4) is 0 Å². The average Bonchev–Trinajstić information content (AvgIpc) is 2.22. The summed E-state index contributed by atoms with van der Waals surface area (Å²) in [5.41, 5.74) is 1.92.